The van der Waals surface area contributed by atoms with Gasteiger partial charge < -0.3 is 4.90 Å². The Morgan fingerprint density at radius 3 is 2.59 bits per heavy atom. The van der Waals surface area contributed by atoms with Gasteiger partial charge >= 0.3 is 0 Å². The van der Waals surface area contributed by atoms with Crippen LogP contribution in [-0.2, 0) is 9.84 Å². The van der Waals surface area contributed by atoms with Crippen LogP contribution < -0.4 is 0 Å². The van der Waals surface area contributed by atoms with E-state index in [4.69, 9.17) is 4.98 Å². The molecular formula is C20H20N2O3S2. The van der Waals surface area contributed by atoms with Crippen LogP contribution in [-0.4, -0.2) is 43.6 Å². The molecular weight excluding hydrogens is 380 g/mol. The minimum absolute atomic E-state index is 0.0548. The average molecular weight is 401 g/mol. The maximum absolute atomic E-state index is 12.9. The summed E-state index contributed by atoms with van der Waals surface area (Å²) in [6.07, 6.45) is 3.13. The number of rotatable bonds is 3. The summed E-state index contributed by atoms with van der Waals surface area (Å²) in [5.41, 5.74) is 1.53. The fourth-order valence-corrected chi connectivity index (χ4v) is 5.18. The summed E-state index contributed by atoms with van der Waals surface area (Å²) < 4.78 is 24.4. The maximum atomic E-state index is 12.9. The highest BCUT2D eigenvalue weighted by Crippen LogP contribution is 2.33. The zero-order chi connectivity index (χ0) is 19.0. The molecule has 27 heavy (non-hydrogen) atoms. The first kappa shape index (κ1) is 18.1. The van der Waals surface area contributed by atoms with Gasteiger partial charge in [-0.2, -0.15) is 0 Å². The van der Waals surface area contributed by atoms with Crippen molar-refractivity contribution in [3.63, 3.8) is 0 Å². The third-order valence-corrected chi connectivity index (χ3v) is 7.23. The van der Waals surface area contributed by atoms with Crippen molar-refractivity contribution >= 4 is 37.3 Å². The Kier molecular flexibility index (Phi) is 4.74. The molecule has 1 aliphatic rings. The van der Waals surface area contributed by atoms with Crippen molar-refractivity contribution in [1.29, 1.82) is 0 Å². The van der Waals surface area contributed by atoms with E-state index in [1.54, 1.807) is 23.5 Å². The van der Waals surface area contributed by atoms with E-state index in [9.17, 15) is 13.2 Å². The van der Waals surface area contributed by atoms with Gasteiger partial charge in [-0.05, 0) is 49.2 Å². The van der Waals surface area contributed by atoms with Crippen molar-refractivity contribution < 1.29 is 13.2 Å². The first-order valence-corrected chi connectivity index (χ1v) is 11.6. The number of carbonyl (C=O) groups is 1. The molecule has 2 heterocycles. The normalized spacial score (nSPS) is 18.0. The molecule has 1 aromatic heterocycles. The van der Waals surface area contributed by atoms with E-state index in [0.717, 1.165) is 29.6 Å². The number of carbonyl (C=O) groups excluding carboxylic acids is 1. The van der Waals surface area contributed by atoms with Crippen molar-refractivity contribution in [3.8, 4) is 0 Å². The standard InChI is InChI=1S/C20H20N2O3S2/c1-27(24,25)16-10-8-14(9-11-16)20(23)22-12-4-5-15(13-22)19-21-17-6-2-3-7-18(17)26-19/h2-3,6-11,15H,4-5,12-13H2,1H3/t15-/m1/s1. The number of likely N-dealkylation sites (tertiary alicyclic amines) is 1. The number of aromatic nitrogens is 1. The number of amides is 1. The second-order valence-corrected chi connectivity index (χ2v) is 9.98. The summed E-state index contributed by atoms with van der Waals surface area (Å²) in [5, 5.41) is 1.08. The number of sulfone groups is 1. The number of para-hydroxylation sites is 1. The second kappa shape index (κ2) is 7.05. The smallest absolute Gasteiger partial charge is 0.253 e. The van der Waals surface area contributed by atoms with Crippen molar-refractivity contribution in [1.82, 2.24) is 9.88 Å². The van der Waals surface area contributed by atoms with Gasteiger partial charge in [-0.25, -0.2) is 13.4 Å². The first-order chi connectivity index (χ1) is 12.9. The Hall–Kier alpha value is -2.25. The van der Waals surface area contributed by atoms with Crippen LogP contribution in [0.3, 0.4) is 0 Å². The van der Waals surface area contributed by atoms with Crippen LogP contribution in [0, 0.1) is 0 Å². The summed E-state index contributed by atoms with van der Waals surface area (Å²) >= 11 is 1.70. The second-order valence-electron chi connectivity index (χ2n) is 6.91. The minimum atomic E-state index is -3.26. The Morgan fingerprint density at radius 2 is 1.89 bits per heavy atom. The maximum Gasteiger partial charge on any atom is 0.253 e. The number of benzene rings is 2. The van der Waals surface area contributed by atoms with Crippen molar-refractivity contribution in [2.45, 2.75) is 23.7 Å². The summed E-state index contributed by atoms with van der Waals surface area (Å²) in [6.45, 7) is 1.36. The highest BCUT2D eigenvalue weighted by Gasteiger charge is 2.27. The zero-order valence-corrected chi connectivity index (χ0v) is 16.6. The molecule has 1 fully saturated rings. The molecule has 5 nitrogen and oxygen atoms in total. The summed E-state index contributed by atoms with van der Waals surface area (Å²) in [5.74, 6) is 0.191. The average Bonchev–Trinajstić information content (AvgIpc) is 3.11. The van der Waals surface area contributed by atoms with E-state index in [2.05, 4.69) is 6.07 Å². The molecule has 4 rings (SSSR count). The van der Waals surface area contributed by atoms with Crippen molar-refractivity contribution in [2.75, 3.05) is 19.3 Å². The van der Waals surface area contributed by atoms with E-state index < -0.39 is 9.84 Å². The van der Waals surface area contributed by atoms with Crippen molar-refractivity contribution in [2.24, 2.45) is 0 Å². The number of hydrogen-bond acceptors (Lipinski definition) is 5. The van der Waals surface area contributed by atoms with E-state index in [0.29, 0.717) is 18.7 Å². The number of nitrogens with zero attached hydrogens (tertiary/aromatic N) is 2. The first-order valence-electron chi connectivity index (χ1n) is 8.87. The molecule has 3 aromatic rings. The molecule has 0 radical (unpaired) electrons. The van der Waals surface area contributed by atoms with Gasteiger partial charge in [-0.3, -0.25) is 4.79 Å². The number of piperidine rings is 1. The summed E-state index contributed by atoms with van der Waals surface area (Å²) in [6, 6.07) is 14.3. The zero-order valence-electron chi connectivity index (χ0n) is 15.0. The van der Waals surface area contributed by atoms with Crippen LogP contribution >= 0.6 is 11.3 Å². The SMILES string of the molecule is CS(=O)(=O)c1ccc(C(=O)N2CCC[C@@H](c3nc4ccccc4s3)C2)cc1. The van der Waals surface area contributed by atoms with E-state index in [1.807, 2.05) is 23.1 Å². The van der Waals surface area contributed by atoms with Gasteiger partial charge in [0.1, 0.15) is 0 Å². The van der Waals surface area contributed by atoms with E-state index in [1.165, 1.54) is 16.8 Å². The van der Waals surface area contributed by atoms with Crippen LogP contribution in [0.4, 0.5) is 0 Å². The largest absolute Gasteiger partial charge is 0.338 e. The molecule has 0 N–H and O–H groups in total. The van der Waals surface area contributed by atoms with Gasteiger partial charge in [0, 0.05) is 30.8 Å². The van der Waals surface area contributed by atoms with Gasteiger partial charge in [0.05, 0.1) is 20.1 Å². The van der Waals surface area contributed by atoms with Gasteiger partial charge in [0.25, 0.3) is 5.91 Å². The lowest BCUT2D eigenvalue weighted by molar-refractivity contribution is 0.0707. The molecule has 140 valence electrons. The predicted molar refractivity (Wildman–Crippen MR) is 107 cm³/mol. The van der Waals surface area contributed by atoms with Crippen molar-refractivity contribution in [3.05, 3.63) is 59.1 Å². The lowest BCUT2D eigenvalue weighted by atomic mass is 9.98. The van der Waals surface area contributed by atoms with Gasteiger partial charge in [-0.1, -0.05) is 12.1 Å². The van der Waals surface area contributed by atoms with Crippen LogP contribution in [0.15, 0.2) is 53.4 Å². The highest BCUT2D eigenvalue weighted by molar-refractivity contribution is 7.90. The number of fused-ring (bicyclic) bond motifs is 1. The van der Waals surface area contributed by atoms with Crippen LogP contribution in [0.25, 0.3) is 10.2 Å². The summed E-state index contributed by atoms with van der Waals surface area (Å²) in [7, 11) is -3.26. The number of thiazole rings is 1. The monoisotopic (exact) mass is 400 g/mol. The lowest BCUT2D eigenvalue weighted by Crippen LogP contribution is -2.39. The lowest BCUT2D eigenvalue weighted by Gasteiger charge is -2.32. The molecule has 0 bridgehead atoms. The predicted octanol–water partition coefficient (Wildman–Crippen LogP) is 3.72. The Labute approximate surface area is 162 Å². The van der Waals surface area contributed by atoms with E-state index in [-0.39, 0.29) is 16.7 Å². The number of hydrogen-bond donors (Lipinski definition) is 0. The highest BCUT2D eigenvalue weighted by atomic mass is 32.2. The van der Waals surface area contributed by atoms with Crippen LogP contribution in [0.5, 0.6) is 0 Å². The van der Waals surface area contributed by atoms with E-state index >= 15 is 0 Å². The fourth-order valence-electron chi connectivity index (χ4n) is 3.46. The van der Waals surface area contributed by atoms with Crippen LogP contribution in [0.2, 0.25) is 0 Å². The third kappa shape index (κ3) is 3.75. The molecule has 0 saturated carbocycles. The molecule has 0 spiro atoms. The molecule has 0 aliphatic carbocycles. The third-order valence-electron chi connectivity index (χ3n) is 4.90. The molecule has 1 aliphatic heterocycles. The molecule has 1 amide bonds. The molecule has 1 saturated heterocycles. The topological polar surface area (TPSA) is 67.3 Å². The minimum Gasteiger partial charge on any atom is -0.338 e. The van der Waals surface area contributed by atoms with Crippen LogP contribution in [0.1, 0.15) is 34.1 Å². The molecule has 1 atom stereocenters. The quantitative estimate of drug-likeness (QED) is 0.672. The Morgan fingerprint density at radius 1 is 1.15 bits per heavy atom. The molecule has 2 aromatic carbocycles. The van der Waals surface area contributed by atoms with Gasteiger partial charge in [0.15, 0.2) is 9.84 Å². The summed E-state index contributed by atoms with van der Waals surface area (Å²) in [4.78, 5) is 19.7. The molecule has 7 heteroatoms. The fraction of sp³-hybridized carbons (Fsp3) is 0.300. The Balaban J connectivity index is 1.53. The van der Waals surface area contributed by atoms with Gasteiger partial charge in [-0.15, -0.1) is 11.3 Å². The Bertz CT molecular complexity index is 1050. The molecule has 0 unspecified atom stereocenters. The van der Waals surface area contributed by atoms with Gasteiger partial charge in [0.2, 0.25) is 0 Å².